The van der Waals surface area contributed by atoms with E-state index in [9.17, 15) is 4.79 Å². The molecule has 1 amide bonds. The molecule has 0 N–H and O–H groups in total. The summed E-state index contributed by atoms with van der Waals surface area (Å²) in [6.45, 7) is 10.6. The molecule has 2 fully saturated rings. The molecular formula is C22H35N3O. The van der Waals surface area contributed by atoms with Gasteiger partial charge in [0.25, 0.3) is 0 Å². The molecule has 1 aromatic carbocycles. The smallest absolute Gasteiger partial charge is 0.239 e. The summed E-state index contributed by atoms with van der Waals surface area (Å²) >= 11 is 0. The molecule has 144 valence electrons. The van der Waals surface area contributed by atoms with Crippen molar-refractivity contribution in [3.05, 3.63) is 35.4 Å². The van der Waals surface area contributed by atoms with E-state index in [1.54, 1.807) is 0 Å². The molecule has 0 radical (unpaired) electrons. The van der Waals surface area contributed by atoms with Crippen LogP contribution in [-0.2, 0) is 17.9 Å². The third-order valence-corrected chi connectivity index (χ3v) is 6.22. The summed E-state index contributed by atoms with van der Waals surface area (Å²) in [5.41, 5.74) is 2.66. The Kier molecular flexibility index (Phi) is 6.71. The topological polar surface area (TPSA) is 26.8 Å². The van der Waals surface area contributed by atoms with Gasteiger partial charge in [0.15, 0.2) is 0 Å². The van der Waals surface area contributed by atoms with E-state index < -0.39 is 0 Å². The van der Waals surface area contributed by atoms with Crippen molar-refractivity contribution in [2.45, 2.75) is 58.7 Å². The second kappa shape index (κ2) is 9.01. The van der Waals surface area contributed by atoms with E-state index in [1.165, 1.54) is 49.9 Å². The monoisotopic (exact) mass is 357 g/mol. The third kappa shape index (κ3) is 4.86. The van der Waals surface area contributed by atoms with Crippen LogP contribution >= 0.6 is 0 Å². The van der Waals surface area contributed by atoms with Crippen LogP contribution in [0, 0.1) is 5.92 Å². The van der Waals surface area contributed by atoms with E-state index in [0.717, 1.165) is 25.6 Å². The number of nitrogens with zero attached hydrogens (tertiary/aromatic N) is 3. The first-order valence-electron chi connectivity index (χ1n) is 10.3. The van der Waals surface area contributed by atoms with Crippen molar-refractivity contribution in [2.24, 2.45) is 5.92 Å². The van der Waals surface area contributed by atoms with Crippen LogP contribution in [0.2, 0.25) is 0 Å². The zero-order valence-electron chi connectivity index (χ0n) is 16.8. The molecule has 1 atom stereocenters. The van der Waals surface area contributed by atoms with E-state index in [1.807, 2.05) is 11.9 Å². The van der Waals surface area contributed by atoms with Gasteiger partial charge in [-0.1, -0.05) is 31.2 Å². The number of hydrogen-bond donors (Lipinski definition) is 0. The molecule has 0 saturated carbocycles. The number of likely N-dealkylation sites (N-methyl/N-ethyl adjacent to an activating group) is 1. The average Bonchev–Trinajstić information content (AvgIpc) is 3.16. The van der Waals surface area contributed by atoms with Crippen LogP contribution < -0.4 is 0 Å². The highest BCUT2D eigenvalue weighted by molar-refractivity contribution is 5.81. The van der Waals surface area contributed by atoms with Gasteiger partial charge in [0.1, 0.15) is 0 Å². The van der Waals surface area contributed by atoms with Crippen molar-refractivity contribution in [1.82, 2.24) is 14.7 Å². The first-order valence-corrected chi connectivity index (χ1v) is 10.3. The predicted molar refractivity (Wildman–Crippen MR) is 107 cm³/mol. The van der Waals surface area contributed by atoms with E-state index in [0.29, 0.717) is 6.54 Å². The number of hydrogen-bond acceptors (Lipinski definition) is 3. The maximum Gasteiger partial charge on any atom is 0.239 e. The molecule has 2 aliphatic rings. The maximum absolute atomic E-state index is 13.0. The molecule has 4 heteroatoms. The summed E-state index contributed by atoms with van der Waals surface area (Å²) in [6, 6.07) is 8.60. The van der Waals surface area contributed by atoms with Crippen LogP contribution in [0.15, 0.2) is 24.3 Å². The van der Waals surface area contributed by atoms with Gasteiger partial charge in [0, 0.05) is 20.1 Å². The van der Waals surface area contributed by atoms with Crippen LogP contribution in [0.25, 0.3) is 0 Å². The Morgan fingerprint density at radius 3 is 2.38 bits per heavy atom. The van der Waals surface area contributed by atoms with Crippen LogP contribution in [-0.4, -0.2) is 59.9 Å². The van der Waals surface area contributed by atoms with Gasteiger partial charge in [-0.2, -0.15) is 0 Å². The fourth-order valence-corrected chi connectivity index (χ4v) is 4.27. The Bertz CT molecular complexity index is 589. The minimum Gasteiger partial charge on any atom is -0.340 e. The van der Waals surface area contributed by atoms with Crippen LogP contribution in [0.5, 0.6) is 0 Å². The maximum atomic E-state index is 13.0. The van der Waals surface area contributed by atoms with Gasteiger partial charge in [-0.3, -0.25) is 14.6 Å². The van der Waals surface area contributed by atoms with Crippen LogP contribution in [0.3, 0.4) is 0 Å². The summed E-state index contributed by atoms with van der Waals surface area (Å²) in [5.74, 6) is 1.04. The molecule has 3 rings (SSSR count). The van der Waals surface area contributed by atoms with Crippen molar-refractivity contribution in [3.63, 3.8) is 0 Å². The molecule has 1 aromatic rings. The third-order valence-electron chi connectivity index (χ3n) is 6.22. The van der Waals surface area contributed by atoms with Crippen molar-refractivity contribution in [3.8, 4) is 0 Å². The van der Waals surface area contributed by atoms with Crippen molar-refractivity contribution < 1.29 is 4.79 Å². The van der Waals surface area contributed by atoms with Gasteiger partial charge in [-0.25, -0.2) is 0 Å². The normalized spacial score (nSPS) is 21.0. The number of piperidine rings is 1. The Hall–Kier alpha value is -1.39. The minimum atomic E-state index is -0.0155. The first-order chi connectivity index (χ1) is 12.5. The lowest BCUT2D eigenvalue weighted by atomic mass is 9.98. The summed E-state index contributed by atoms with van der Waals surface area (Å²) in [7, 11) is 1.96. The Morgan fingerprint density at radius 1 is 1.12 bits per heavy atom. The van der Waals surface area contributed by atoms with Crippen LogP contribution in [0.1, 0.15) is 50.7 Å². The molecule has 1 unspecified atom stereocenters. The van der Waals surface area contributed by atoms with Crippen molar-refractivity contribution >= 4 is 5.91 Å². The Morgan fingerprint density at radius 2 is 1.73 bits per heavy atom. The highest BCUT2D eigenvalue weighted by atomic mass is 16.2. The number of carbonyl (C=O) groups is 1. The van der Waals surface area contributed by atoms with Gasteiger partial charge < -0.3 is 4.90 Å². The van der Waals surface area contributed by atoms with E-state index in [-0.39, 0.29) is 11.9 Å². The average molecular weight is 358 g/mol. The Labute approximate surface area is 159 Å². The number of likely N-dealkylation sites (tertiary alicyclic amines) is 2. The first kappa shape index (κ1) is 19.4. The van der Waals surface area contributed by atoms with Gasteiger partial charge in [0.2, 0.25) is 5.91 Å². The standard InChI is InChI=1S/C22H35N3O/c1-18-10-14-25(15-11-18)19(2)22(26)23(3)16-20-8-4-5-9-21(20)17-24-12-6-7-13-24/h4-5,8-9,18-19H,6-7,10-17H2,1-3H3. The van der Waals surface area contributed by atoms with Crippen LogP contribution in [0.4, 0.5) is 0 Å². The zero-order valence-corrected chi connectivity index (χ0v) is 16.8. The number of amides is 1. The molecule has 0 aliphatic carbocycles. The SMILES string of the molecule is CC1CCN(C(C)C(=O)N(C)Cc2ccccc2CN2CCCC2)CC1. The van der Waals surface area contributed by atoms with Gasteiger partial charge in [-0.05, 0) is 75.8 Å². The number of benzene rings is 1. The minimum absolute atomic E-state index is 0.0155. The van der Waals surface area contributed by atoms with Gasteiger partial charge in [0.05, 0.1) is 6.04 Å². The van der Waals surface area contributed by atoms with Gasteiger partial charge in [-0.15, -0.1) is 0 Å². The zero-order chi connectivity index (χ0) is 18.5. The second-order valence-corrected chi connectivity index (χ2v) is 8.34. The highest BCUT2D eigenvalue weighted by Gasteiger charge is 2.27. The Balaban J connectivity index is 1.60. The lowest BCUT2D eigenvalue weighted by Gasteiger charge is -2.36. The molecule has 2 aliphatic heterocycles. The molecule has 0 bridgehead atoms. The summed E-state index contributed by atoms with van der Waals surface area (Å²) in [6.07, 6.45) is 5.04. The quantitative estimate of drug-likeness (QED) is 0.781. The molecule has 0 spiro atoms. The summed E-state index contributed by atoms with van der Waals surface area (Å²) in [4.78, 5) is 19.8. The van der Waals surface area contributed by atoms with Crippen molar-refractivity contribution in [1.29, 1.82) is 0 Å². The van der Waals surface area contributed by atoms with E-state index >= 15 is 0 Å². The number of rotatable bonds is 6. The van der Waals surface area contributed by atoms with E-state index in [2.05, 4.69) is 47.9 Å². The molecule has 4 nitrogen and oxygen atoms in total. The highest BCUT2D eigenvalue weighted by Crippen LogP contribution is 2.20. The summed E-state index contributed by atoms with van der Waals surface area (Å²) < 4.78 is 0. The largest absolute Gasteiger partial charge is 0.340 e. The fraction of sp³-hybridized carbons (Fsp3) is 0.682. The van der Waals surface area contributed by atoms with E-state index in [4.69, 9.17) is 0 Å². The van der Waals surface area contributed by atoms with Crippen molar-refractivity contribution in [2.75, 3.05) is 33.2 Å². The lowest BCUT2D eigenvalue weighted by molar-refractivity contribution is -0.136. The number of carbonyl (C=O) groups excluding carboxylic acids is 1. The predicted octanol–water partition coefficient (Wildman–Crippen LogP) is 3.36. The molecule has 26 heavy (non-hydrogen) atoms. The lowest BCUT2D eigenvalue weighted by Crippen LogP contribution is -2.48. The molecule has 0 aromatic heterocycles. The summed E-state index contributed by atoms with van der Waals surface area (Å²) in [5, 5.41) is 0. The molecule has 2 saturated heterocycles. The fourth-order valence-electron chi connectivity index (χ4n) is 4.27. The second-order valence-electron chi connectivity index (χ2n) is 8.34. The molecule has 2 heterocycles. The molecular weight excluding hydrogens is 322 g/mol. The van der Waals surface area contributed by atoms with Gasteiger partial charge >= 0.3 is 0 Å².